The van der Waals surface area contributed by atoms with Crippen LogP contribution in [0.3, 0.4) is 0 Å². The molecule has 1 heterocycles. The molecule has 0 aromatic heterocycles. The van der Waals surface area contributed by atoms with Crippen molar-refractivity contribution in [1.82, 2.24) is 9.80 Å². The van der Waals surface area contributed by atoms with E-state index in [1.807, 2.05) is 50.5 Å². The Balaban J connectivity index is 1.23. The number of carbonyl (C=O) groups excluding carboxylic acids is 2. The van der Waals surface area contributed by atoms with Gasteiger partial charge in [-0.3, -0.25) is 4.79 Å². The van der Waals surface area contributed by atoms with Crippen molar-refractivity contribution in [2.45, 2.75) is 45.1 Å². The molecule has 1 saturated heterocycles. The second-order valence-corrected chi connectivity index (χ2v) is 11.4. The molecule has 2 N–H and O–H groups in total. The molecule has 1 atom stereocenters. The molecule has 2 aliphatic rings. The smallest absolute Gasteiger partial charge is 0.322 e. The van der Waals surface area contributed by atoms with Gasteiger partial charge >= 0.3 is 6.03 Å². The van der Waals surface area contributed by atoms with Crippen LogP contribution in [0.15, 0.2) is 60.2 Å². The number of urea groups is 1. The number of nitrogens with one attached hydrogen (secondary N) is 2. The highest BCUT2D eigenvalue weighted by Gasteiger charge is 2.23. The van der Waals surface area contributed by atoms with Gasteiger partial charge in [0.15, 0.2) is 0 Å². The normalized spacial score (nSPS) is 16.1. The molecule has 1 aliphatic heterocycles. The molecular formula is C31H39Cl2N5O2. The van der Waals surface area contributed by atoms with E-state index in [2.05, 4.69) is 45.6 Å². The third-order valence-corrected chi connectivity index (χ3v) is 8.17. The molecule has 1 unspecified atom stereocenters. The van der Waals surface area contributed by atoms with Crippen LogP contribution in [0.5, 0.6) is 0 Å². The van der Waals surface area contributed by atoms with Gasteiger partial charge in [0.05, 0.1) is 15.7 Å². The van der Waals surface area contributed by atoms with Crippen molar-refractivity contribution in [3.63, 3.8) is 0 Å². The van der Waals surface area contributed by atoms with Crippen molar-refractivity contribution in [2.24, 2.45) is 0 Å². The van der Waals surface area contributed by atoms with Gasteiger partial charge < -0.3 is 25.3 Å². The fourth-order valence-electron chi connectivity index (χ4n) is 4.89. The first-order valence-electron chi connectivity index (χ1n) is 13.9. The first-order valence-corrected chi connectivity index (χ1v) is 14.7. The molecule has 0 saturated carbocycles. The summed E-state index contributed by atoms with van der Waals surface area (Å²) in [6.07, 6.45) is 11.1. The van der Waals surface area contributed by atoms with Crippen molar-refractivity contribution in [2.75, 3.05) is 55.8 Å². The first-order chi connectivity index (χ1) is 19.2. The number of benzene rings is 2. The predicted octanol–water partition coefficient (Wildman–Crippen LogP) is 7.36. The van der Waals surface area contributed by atoms with E-state index in [0.29, 0.717) is 48.3 Å². The monoisotopic (exact) mass is 583 g/mol. The minimum atomic E-state index is -0.217. The average molecular weight is 585 g/mol. The van der Waals surface area contributed by atoms with Crippen molar-refractivity contribution in [3.8, 4) is 0 Å². The predicted molar refractivity (Wildman–Crippen MR) is 167 cm³/mol. The summed E-state index contributed by atoms with van der Waals surface area (Å²) >= 11 is 13.0. The maximum absolute atomic E-state index is 13.0. The van der Waals surface area contributed by atoms with Gasteiger partial charge in [-0.2, -0.15) is 0 Å². The van der Waals surface area contributed by atoms with Crippen LogP contribution in [0.25, 0.3) is 0 Å². The van der Waals surface area contributed by atoms with Crippen molar-refractivity contribution in [1.29, 1.82) is 0 Å². The Labute approximate surface area is 247 Å². The van der Waals surface area contributed by atoms with Gasteiger partial charge in [-0.25, -0.2) is 4.79 Å². The van der Waals surface area contributed by atoms with Crippen molar-refractivity contribution >= 4 is 52.2 Å². The van der Waals surface area contributed by atoms with Crippen LogP contribution in [-0.2, 0) is 4.79 Å². The lowest BCUT2D eigenvalue weighted by Gasteiger charge is -2.36. The fourth-order valence-corrected chi connectivity index (χ4v) is 5.49. The molecule has 0 radical (unpaired) electrons. The fraction of sp³-hybridized carbons (Fsp3) is 0.419. The zero-order valence-electron chi connectivity index (χ0n) is 23.6. The van der Waals surface area contributed by atoms with Gasteiger partial charge in [0.2, 0.25) is 5.91 Å². The number of halogens is 2. The van der Waals surface area contributed by atoms with Gasteiger partial charge in [-0.05, 0) is 88.7 Å². The van der Waals surface area contributed by atoms with E-state index < -0.39 is 0 Å². The number of hydrogen-bond donors (Lipinski definition) is 2. The summed E-state index contributed by atoms with van der Waals surface area (Å²) in [6, 6.07) is 11.5. The lowest BCUT2D eigenvalue weighted by atomic mass is 10.0. The quantitative estimate of drug-likeness (QED) is 0.323. The van der Waals surface area contributed by atoms with E-state index >= 15 is 0 Å². The Bertz CT molecular complexity index is 1230. The molecule has 0 spiro atoms. The third-order valence-electron chi connectivity index (χ3n) is 7.58. The highest BCUT2D eigenvalue weighted by Crippen LogP contribution is 2.35. The zero-order chi connectivity index (χ0) is 28.6. The second-order valence-electron chi connectivity index (χ2n) is 10.6. The van der Waals surface area contributed by atoms with Crippen LogP contribution in [-0.4, -0.2) is 62.0 Å². The van der Waals surface area contributed by atoms with Gasteiger partial charge in [0, 0.05) is 50.0 Å². The van der Waals surface area contributed by atoms with E-state index in [1.54, 1.807) is 4.90 Å². The molecule has 4 rings (SSSR count). The number of carbonyl (C=O) groups is 2. The number of anilines is 3. The molecule has 214 valence electrons. The highest BCUT2D eigenvalue weighted by atomic mass is 35.5. The summed E-state index contributed by atoms with van der Waals surface area (Å²) in [5.74, 6) is 0.0369. The number of piperazine rings is 1. The van der Waals surface area contributed by atoms with Crippen LogP contribution in [0.4, 0.5) is 21.9 Å². The van der Waals surface area contributed by atoms with Crippen LogP contribution in [0.2, 0.25) is 10.0 Å². The van der Waals surface area contributed by atoms with Crippen LogP contribution in [0.1, 0.15) is 50.6 Å². The summed E-state index contributed by atoms with van der Waals surface area (Å²) in [7, 11) is 3.98. The Morgan fingerprint density at radius 2 is 1.65 bits per heavy atom. The number of hydrogen-bond acceptors (Lipinski definition) is 4. The molecule has 0 bridgehead atoms. The summed E-state index contributed by atoms with van der Waals surface area (Å²) in [4.78, 5) is 31.4. The van der Waals surface area contributed by atoms with E-state index in [-0.39, 0.29) is 18.0 Å². The van der Waals surface area contributed by atoms with Gasteiger partial charge in [-0.15, -0.1) is 0 Å². The Hall–Kier alpha value is -3.00. The lowest BCUT2D eigenvalue weighted by molar-refractivity contribution is -0.116. The van der Waals surface area contributed by atoms with E-state index in [0.717, 1.165) is 42.6 Å². The molecule has 2 aromatic rings. The van der Waals surface area contributed by atoms with Gasteiger partial charge in [0.25, 0.3) is 0 Å². The largest absolute Gasteiger partial charge is 0.368 e. The maximum Gasteiger partial charge on any atom is 0.322 e. The zero-order valence-corrected chi connectivity index (χ0v) is 25.1. The Morgan fingerprint density at radius 1 is 0.975 bits per heavy atom. The number of nitrogens with zero attached hydrogens (tertiary/aromatic N) is 3. The van der Waals surface area contributed by atoms with E-state index in [4.69, 9.17) is 23.2 Å². The molecule has 1 aliphatic carbocycles. The standard InChI is InChI=1S/C31H39Cl2N5O2/c1-22(36(2)3)24-20-27(32)30(28(33)21-24)35-31(40)38-18-16-37(17-19-38)26-14-12-25(13-15-26)34-29(39)11-7-10-23-8-5-4-6-9-23/h5,8-9,12-15,20-22H,4,6-7,10-11,16-19H2,1-3H3,(H,34,39)(H,35,40). The van der Waals surface area contributed by atoms with E-state index in [1.165, 1.54) is 5.57 Å². The molecule has 2 aromatic carbocycles. The average Bonchev–Trinajstić information content (AvgIpc) is 2.95. The number of allylic oxidation sites excluding steroid dienone is 4. The summed E-state index contributed by atoms with van der Waals surface area (Å²) < 4.78 is 0. The Morgan fingerprint density at radius 3 is 2.25 bits per heavy atom. The highest BCUT2D eigenvalue weighted by molar-refractivity contribution is 6.39. The summed E-state index contributed by atoms with van der Waals surface area (Å²) in [5, 5.41) is 6.75. The molecule has 1 fully saturated rings. The molecule has 3 amide bonds. The van der Waals surface area contributed by atoms with Crippen LogP contribution >= 0.6 is 23.2 Å². The number of amides is 3. The topological polar surface area (TPSA) is 67.9 Å². The summed E-state index contributed by atoms with van der Waals surface area (Å²) in [5.41, 5.74) is 4.61. The van der Waals surface area contributed by atoms with Gasteiger partial charge in [0.1, 0.15) is 0 Å². The molecule has 40 heavy (non-hydrogen) atoms. The van der Waals surface area contributed by atoms with Crippen molar-refractivity contribution < 1.29 is 9.59 Å². The first kappa shape index (κ1) is 30.0. The minimum absolute atomic E-state index is 0.0369. The summed E-state index contributed by atoms with van der Waals surface area (Å²) in [6.45, 7) is 4.61. The third kappa shape index (κ3) is 8.03. The second kappa shape index (κ2) is 14.1. The van der Waals surface area contributed by atoms with Gasteiger partial charge in [-0.1, -0.05) is 47.0 Å². The van der Waals surface area contributed by atoms with E-state index in [9.17, 15) is 9.59 Å². The molecular weight excluding hydrogens is 545 g/mol. The lowest BCUT2D eigenvalue weighted by Crippen LogP contribution is -2.50. The molecule has 9 heteroatoms. The Kier molecular flexibility index (Phi) is 10.5. The van der Waals surface area contributed by atoms with Crippen LogP contribution in [0, 0.1) is 0 Å². The number of rotatable bonds is 9. The minimum Gasteiger partial charge on any atom is -0.368 e. The van der Waals surface area contributed by atoms with Crippen LogP contribution < -0.4 is 15.5 Å². The van der Waals surface area contributed by atoms with Crippen molar-refractivity contribution in [3.05, 3.63) is 75.8 Å². The molecule has 7 nitrogen and oxygen atoms in total. The SMILES string of the molecule is CC(c1cc(Cl)c(NC(=O)N2CCN(c3ccc(NC(=O)CCCC4=CCCC=C4)cc3)CC2)c(Cl)c1)N(C)C. The maximum atomic E-state index is 13.0.